The first-order valence-corrected chi connectivity index (χ1v) is 15.3. The third kappa shape index (κ3) is 8.79. The summed E-state index contributed by atoms with van der Waals surface area (Å²) >= 11 is 5.37. The quantitative estimate of drug-likeness (QED) is 0.143. The summed E-state index contributed by atoms with van der Waals surface area (Å²) in [5.41, 5.74) is 1.89. The zero-order valence-corrected chi connectivity index (χ0v) is 24.5. The number of rotatable bonds is 15. The van der Waals surface area contributed by atoms with Crippen LogP contribution in [0.5, 0.6) is 11.5 Å². The van der Waals surface area contributed by atoms with Crippen LogP contribution < -0.4 is 9.47 Å². The van der Waals surface area contributed by atoms with Gasteiger partial charge in [-0.3, -0.25) is 4.78 Å². The molecule has 0 aliphatic rings. The summed E-state index contributed by atoms with van der Waals surface area (Å²) < 4.78 is 14.7. The lowest BCUT2D eigenvalue weighted by atomic mass is 10.1. The van der Waals surface area contributed by atoms with Gasteiger partial charge >= 0.3 is 0 Å². The summed E-state index contributed by atoms with van der Waals surface area (Å²) in [7, 11) is 3.19. The maximum Gasteiger partial charge on any atom is 0.159 e. The summed E-state index contributed by atoms with van der Waals surface area (Å²) in [5.74, 6) is 1.65. The summed E-state index contributed by atoms with van der Waals surface area (Å²) in [4.78, 5) is 0. The Balaban J connectivity index is 2.04. The van der Waals surface area contributed by atoms with Crippen LogP contribution in [0.2, 0.25) is 0 Å². The molecule has 0 saturated heterocycles. The Morgan fingerprint density at radius 3 is 2.06 bits per heavy atom. The molecule has 0 aliphatic carbocycles. The van der Waals surface area contributed by atoms with Crippen LogP contribution in [-0.4, -0.2) is 33.8 Å². The number of hydrazone groups is 1. The molecule has 2 rings (SSSR count). The minimum atomic E-state index is -0.485. The van der Waals surface area contributed by atoms with Gasteiger partial charge in [0.2, 0.25) is 0 Å². The van der Waals surface area contributed by atoms with Crippen molar-refractivity contribution in [3.63, 3.8) is 0 Å². The number of nitrogens with zero attached hydrogens (tertiary/aromatic N) is 2. The monoisotopic (exact) mass is 534 g/mol. The molecule has 8 heteroatoms. The van der Waals surface area contributed by atoms with Crippen molar-refractivity contribution in [2.75, 3.05) is 7.05 Å². The number of hydrogen-bond donors (Lipinski definition) is 1. The van der Waals surface area contributed by atoms with Gasteiger partial charge in [-0.2, -0.15) is 5.10 Å². The molecular weight excluding hydrogens is 494 g/mol. The van der Waals surface area contributed by atoms with Gasteiger partial charge in [0.15, 0.2) is 5.34 Å². The fourth-order valence-corrected chi connectivity index (χ4v) is 6.30. The van der Waals surface area contributed by atoms with Crippen molar-refractivity contribution in [3.8, 4) is 11.5 Å². The van der Waals surface area contributed by atoms with Crippen LogP contribution in [-0.2, 0) is 11.8 Å². The third-order valence-electron chi connectivity index (χ3n) is 6.11. The van der Waals surface area contributed by atoms with E-state index in [1.54, 1.807) is 6.92 Å². The SMILES string of the molecule is CCCC(CC)(Oc1ccc(C=NN(C)PC(CC)(CC)Oc2ccc(C(C)O)cc2)cc1)P=S. The molecule has 3 atom stereocenters. The molecule has 3 unspecified atom stereocenters. The topological polar surface area (TPSA) is 54.3 Å². The average Bonchev–Trinajstić information content (AvgIpc) is 2.87. The van der Waals surface area contributed by atoms with E-state index in [4.69, 9.17) is 21.3 Å². The van der Waals surface area contributed by atoms with Crippen LogP contribution in [0.15, 0.2) is 53.6 Å². The van der Waals surface area contributed by atoms with Gasteiger partial charge in [0.25, 0.3) is 0 Å². The minimum Gasteiger partial charge on any atom is -0.481 e. The van der Waals surface area contributed by atoms with E-state index in [1.807, 2.05) is 66.6 Å². The molecule has 5 nitrogen and oxygen atoms in total. The van der Waals surface area contributed by atoms with E-state index in [-0.39, 0.29) is 10.7 Å². The van der Waals surface area contributed by atoms with Crippen LogP contribution in [0.3, 0.4) is 0 Å². The summed E-state index contributed by atoms with van der Waals surface area (Å²) in [6.07, 6.45) is 6.01. The lowest BCUT2D eigenvalue weighted by molar-refractivity contribution is 0.147. The maximum atomic E-state index is 9.75. The molecule has 35 heavy (non-hydrogen) atoms. The smallest absolute Gasteiger partial charge is 0.159 e. The standard InChI is InChI=1S/C27H40N2O3P2S/c1-7-19-27(10-4,34-35)32-24-15-11-22(12-16-24)20-28-29(6)33-26(8-2,9-3)31-25-17-13-23(14-18-25)21(5)30/h11-18,20-21,30,33H,7-10,19H2,1-6H3. The molecule has 0 spiro atoms. The molecule has 0 heterocycles. The fraction of sp³-hybridized carbons (Fsp3) is 0.519. The first-order valence-electron chi connectivity index (χ1n) is 12.4. The maximum absolute atomic E-state index is 9.75. The van der Waals surface area contributed by atoms with Crippen LogP contribution in [0.1, 0.15) is 84.0 Å². The minimum absolute atomic E-state index is 0.290. The van der Waals surface area contributed by atoms with Gasteiger partial charge in [-0.25, -0.2) is 0 Å². The van der Waals surface area contributed by atoms with E-state index in [0.717, 1.165) is 62.1 Å². The molecule has 0 radical (unpaired) electrons. The van der Waals surface area contributed by atoms with Crippen molar-refractivity contribution >= 4 is 34.1 Å². The zero-order chi connectivity index (χ0) is 25.9. The third-order valence-corrected chi connectivity index (χ3v) is 9.73. The molecule has 0 aromatic heterocycles. The molecular formula is C27H40N2O3P2S. The number of ether oxygens (including phenoxy) is 2. The molecule has 1 N–H and O–H groups in total. The highest BCUT2D eigenvalue weighted by atomic mass is 32.4. The van der Waals surface area contributed by atoms with E-state index >= 15 is 0 Å². The second kappa shape index (κ2) is 14.2. The molecule has 2 aromatic carbocycles. The second-order valence-electron chi connectivity index (χ2n) is 8.74. The Bertz CT molecular complexity index is 934. The Morgan fingerprint density at radius 1 is 1.00 bits per heavy atom. The van der Waals surface area contributed by atoms with Crippen molar-refractivity contribution in [2.45, 2.75) is 83.5 Å². The van der Waals surface area contributed by atoms with Crippen LogP contribution >= 0.6 is 16.1 Å². The van der Waals surface area contributed by atoms with Crippen LogP contribution in [0.4, 0.5) is 0 Å². The first-order chi connectivity index (χ1) is 16.7. The van der Waals surface area contributed by atoms with Crippen molar-refractivity contribution in [1.29, 1.82) is 0 Å². The Hall–Kier alpha value is -1.58. The van der Waals surface area contributed by atoms with Gasteiger partial charge in [-0.15, -0.1) is 0 Å². The lowest BCUT2D eigenvalue weighted by Gasteiger charge is -2.35. The number of aliphatic hydroxyl groups excluding tert-OH is 1. The zero-order valence-electron chi connectivity index (χ0n) is 21.8. The van der Waals surface area contributed by atoms with Crippen molar-refractivity contribution in [3.05, 3.63) is 59.7 Å². The van der Waals surface area contributed by atoms with E-state index in [1.165, 1.54) is 0 Å². The molecule has 0 saturated carbocycles. The highest BCUT2D eigenvalue weighted by Crippen LogP contribution is 2.42. The van der Waals surface area contributed by atoms with Gasteiger partial charge < -0.3 is 14.6 Å². The van der Waals surface area contributed by atoms with Gasteiger partial charge in [0.05, 0.1) is 12.3 Å². The van der Waals surface area contributed by atoms with Crippen LogP contribution in [0.25, 0.3) is 0 Å². The molecule has 2 aromatic rings. The normalized spacial score (nSPS) is 14.9. The van der Waals surface area contributed by atoms with Gasteiger partial charge in [-0.1, -0.05) is 58.1 Å². The molecule has 0 aliphatic heterocycles. The van der Waals surface area contributed by atoms with E-state index in [0.29, 0.717) is 8.73 Å². The highest BCUT2D eigenvalue weighted by Gasteiger charge is 2.31. The van der Waals surface area contributed by atoms with E-state index in [9.17, 15) is 5.11 Å². The van der Waals surface area contributed by atoms with Gasteiger partial charge in [-0.05, 0) is 80.1 Å². The highest BCUT2D eigenvalue weighted by molar-refractivity contribution is 7.97. The predicted molar refractivity (Wildman–Crippen MR) is 154 cm³/mol. The summed E-state index contributed by atoms with van der Waals surface area (Å²) in [6.45, 7) is 10.4. The van der Waals surface area contributed by atoms with Crippen LogP contribution in [0, 0.1) is 0 Å². The Labute approximate surface area is 220 Å². The van der Waals surface area contributed by atoms with Gasteiger partial charge in [0.1, 0.15) is 16.8 Å². The summed E-state index contributed by atoms with van der Waals surface area (Å²) in [5, 5.41) is 13.8. The lowest BCUT2D eigenvalue weighted by Crippen LogP contribution is -2.32. The second-order valence-corrected chi connectivity index (χ2v) is 12.1. The average molecular weight is 535 g/mol. The molecule has 192 valence electrons. The largest absolute Gasteiger partial charge is 0.481 e. The van der Waals surface area contributed by atoms with Crippen molar-refractivity contribution in [2.24, 2.45) is 5.10 Å². The number of benzene rings is 2. The predicted octanol–water partition coefficient (Wildman–Crippen LogP) is 7.89. The van der Waals surface area contributed by atoms with Crippen molar-refractivity contribution < 1.29 is 14.6 Å². The Morgan fingerprint density at radius 2 is 1.57 bits per heavy atom. The number of hydrogen-bond acceptors (Lipinski definition) is 6. The van der Waals surface area contributed by atoms with E-state index in [2.05, 4.69) is 32.8 Å². The van der Waals surface area contributed by atoms with Gasteiger partial charge in [0, 0.05) is 23.1 Å². The molecule has 0 bridgehead atoms. The van der Waals surface area contributed by atoms with E-state index < -0.39 is 6.10 Å². The Kier molecular flexibility index (Phi) is 12.1. The van der Waals surface area contributed by atoms with Crippen molar-refractivity contribution in [1.82, 2.24) is 4.78 Å². The molecule has 0 fully saturated rings. The summed E-state index contributed by atoms with van der Waals surface area (Å²) in [6, 6.07) is 15.7. The first kappa shape index (κ1) is 29.6. The fourth-order valence-electron chi connectivity index (χ4n) is 3.75. The number of aliphatic hydroxyl groups is 1. The molecule has 0 amide bonds.